The number of hydrogen-bond donors (Lipinski definition) is 1. The Morgan fingerprint density at radius 3 is 2.74 bits per heavy atom. The van der Waals surface area contributed by atoms with E-state index in [1.165, 1.54) is 16.7 Å². The summed E-state index contributed by atoms with van der Waals surface area (Å²) in [6, 6.07) is 6.77. The lowest BCUT2D eigenvalue weighted by atomic mass is 9.72. The lowest BCUT2D eigenvalue weighted by Crippen LogP contribution is -2.52. The van der Waals surface area contributed by atoms with Crippen LogP contribution in [0.4, 0.5) is 0 Å². The number of aryl methyl sites for hydroxylation is 2. The van der Waals surface area contributed by atoms with E-state index in [-0.39, 0.29) is 5.41 Å². The van der Waals surface area contributed by atoms with Crippen LogP contribution in [0.1, 0.15) is 23.1 Å². The summed E-state index contributed by atoms with van der Waals surface area (Å²) in [5.41, 5.74) is 4.32. The highest BCUT2D eigenvalue weighted by molar-refractivity contribution is 5.38. The SMILES string of the molecule is Cc1ccc(C2(CC3CNCCO3)COC2)c(C)c1. The summed E-state index contributed by atoms with van der Waals surface area (Å²) in [6.45, 7) is 8.79. The molecule has 2 saturated heterocycles. The third-order valence-corrected chi connectivity index (χ3v) is 4.33. The second-order valence-corrected chi connectivity index (χ2v) is 5.99. The number of morpholine rings is 1. The fraction of sp³-hybridized carbons (Fsp3) is 0.625. The van der Waals surface area contributed by atoms with Crippen LogP contribution in [0.3, 0.4) is 0 Å². The molecule has 104 valence electrons. The molecule has 3 heteroatoms. The van der Waals surface area contributed by atoms with Gasteiger partial charge < -0.3 is 14.8 Å². The quantitative estimate of drug-likeness (QED) is 0.902. The van der Waals surface area contributed by atoms with Gasteiger partial charge in [-0.2, -0.15) is 0 Å². The summed E-state index contributed by atoms with van der Waals surface area (Å²) in [5, 5.41) is 3.41. The van der Waals surface area contributed by atoms with E-state index in [2.05, 4.69) is 37.4 Å². The zero-order valence-corrected chi connectivity index (χ0v) is 11.9. The Morgan fingerprint density at radius 2 is 2.16 bits per heavy atom. The van der Waals surface area contributed by atoms with E-state index in [0.29, 0.717) is 6.10 Å². The number of ether oxygens (including phenoxy) is 2. The van der Waals surface area contributed by atoms with E-state index in [4.69, 9.17) is 9.47 Å². The molecule has 2 heterocycles. The molecule has 0 radical (unpaired) electrons. The molecule has 3 nitrogen and oxygen atoms in total. The van der Waals surface area contributed by atoms with Crippen LogP contribution in [0.2, 0.25) is 0 Å². The Labute approximate surface area is 115 Å². The maximum atomic E-state index is 5.88. The van der Waals surface area contributed by atoms with E-state index in [1.54, 1.807) is 0 Å². The summed E-state index contributed by atoms with van der Waals surface area (Å²) < 4.78 is 11.4. The standard InChI is InChI=1S/C16H23NO2/c1-12-3-4-15(13(2)7-12)16(10-18-11-16)8-14-9-17-5-6-19-14/h3-4,7,14,17H,5-6,8-11H2,1-2H3. The van der Waals surface area contributed by atoms with Crippen molar-refractivity contribution in [2.24, 2.45) is 0 Å². The molecular weight excluding hydrogens is 238 g/mol. The zero-order chi connectivity index (χ0) is 13.3. The lowest BCUT2D eigenvalue weighted by molar-refractivity contribution is -0.0944. The number of nitrogens with one attached hydrogen (secondary N) is 1. The van der Waals surface area contributed by atoms with Crippen LogP contribution in [0.5, 0.6) is 0 Å². The largest absolute Gasteiger partial charge is 0.379 e. The van der Waals surface area contributed by atoms with Gasteiger partial charge in [0.05, 0.1) is 25.9 Å². The summed E-state index contributed by atoms with van der Waals surface area (Å²) in [5.74, 6) is 0. The first-order chi connectivity index (χ1) is 9.20. The molecule has 0 bridgehead atoms. The van der Waals surface area contributed by atoms with Gasteiger partial charge in [-0.25, -0.2) is 0 Å². The normalized spacial score (nSPS) is 25.9. The molecule has 1 aromatic carbocycles. The minimum atomic E-state index is 0.168. The van der Waals surface area contributed by atoms with Crippen molar-refractivity contribution in [3.8, 4) is 0 Å². The van der Waals surface area contributed by atoms with Crippen LogP contribution in [-0.4, -0.2) is 39.0 Å². The van der Waals surface area contributed by atoms with Gasteiger partial charge in [-0.3, -0.25) is 0 Å². The molecule has 1 N–H and O–H groups in total. The second kappa shape index (κ2) is 5.23. The van der Waals surface area contributed by atoms with Crippen LogP contribution >= 0.6 is 0 Å². The smallest absolute Gasteiger partial charge is 0.0710 e. The molecule has 19 heavy (non-hydrogen) atoms. The van der Waals surface area contributed by atoms with Crippen molar-refractivity contribution in [3.05, 3.63) is 34.9 Å². The van der Waals surface area contributed by atoms with Crippen molar-refractivity contribution in [3.63, 3.8) is 0 Å². The van der Waals surface area contributed by atoms with Crippen LogP contribution in [-0.2, 0) is 14.9 Å². The molecule has 1 aromatic rings. The van der Waals surface area contributed by atoms with Crippen LogP contribution in [0.25, 0.3) is 0 Å². The highest BCUT2D eigenvalue weighted by atomic mass is 16.5. The molecule has 2 fully saturated rings. The first-order valence-corrected chi connectivity index (χ1v) is 7.17. The predicted octanol–water partition coefficient (Wildman–Crippen LogP) is 1.95. The van der Waals surface area contributed by atoms with Gasteiger partial charge in [0.15, 0.2) is 0 Å². The van der Waals surface area contributed by atoms with Crippen molar-refractivity contribution in [1.29, 1.82) is 0 Å². The van der Waals surface area contributed by atoms with Gasteiger partial charge in [0.1, 0.15) is 0 Å². The summed E-state index contributed by atoms with van der Waals surface area (Å²) >= 11 is 0. The average Bonchev–Trinajstić information content (AvgIpc) is 2.36. The predicted molar refractivity (Wildman–Crippen MR) is 75.6 cm³/mol. The third-order valence-electron chi connectivity index (χ3n) is 4.33. The maximum Gasteiger partial charge on any atom is 0.0710 e. The maximum absolute atomic E-state index is 5.88. The van der Waals surface area contributed by atoms with Gasteiger partial charge in [0.2, 0.25) is 0 Å². The summed E-state index contributed by atoms with van der Waals surface area (Å²) in [6.07, 6.45) is 1.38. The minimum absolute atomic E-state index is 0.168. The molecule has 0 amide bonds. The Kier molecular flexibility index (Phi) is 3.61. The van der Waals surface area contributed by atoms with Crippen molar-refractivity contribution in [2.75, 3.05) is 32.9 Å². The minimum Gasteiger partial charge on any atom is -0.379 e. The molecule has 2 aliphatic heterocycles. The van der Waals surface area contributed by atoms with Crippen LogP contribution in [0, 0.1) is 13.8 Å². The Balaban J connectivity index is 1.81. The monoisotopic (exact) mass is 261 g/mol. The number of benzene rings is 1. The van der Waals surface area contributed by atoms with Crippen molar-refractivity contribution >= 4 is 0 Å². The first-order valence-electron chi connectivity index (χ1n) is 7.17. The van der Waals surface area contributed by atoms with Crippen molar-refractivity contribution in [2.45, 2.75) is 31.8 Å². The third kappa shape index (κ3) is 2.55. The molecule has 3 rings (SSSR count). The average molecular weight is 261 g/mol. The molecule has 0 saturated carbocycles. The molecule has 0 aliphatic carbocycles. The fourth-order valence-electron chi connectivity index (χ4n) is 3.33. The fourth-order valence-corrected chi connectivity index (χ4v) is 3.33. The number of hydrogen-bond acceptors (Lipinski definition) is 3. The van der Waals surface area contributed by atoms with Gasteiger partial charge in [-0.1, -0.05) is 23.8 Å². The highest BCUT2D eigenvalue weighted by Crippen LogP contribution is 2.39. The van der Waals surface area contributed by atoms with Crippen LogP contribution in [0.15, 0.2) is 18.2 Å². The van der Waals surface area contributed by atoms with E-state index in [1.807, 2.05) is 0 Å². The van der Waals surface area contributed by atoms with E-state index in [9.17, 15) is 0 Å². The molecule has 1 unspecified atom stereocenters. The zero-order valence-electron chi connectivity index (χ0n) is 11.9. The molecular formula is C16H23NO2. The topological polar surface area (TPSA) is 30.5 Å². The molecule has 2 aliphatic rings. The van der Waals surface area contributed by atoms with Gasteiger partial charge >= 0.3 is 0 Å². The summed E-state index contributed by atoms with van der Waals surface area (Å²) in [4.78, 5) is 0. The van der Waals surface area contributed by atoms with Gasteiger partial charge in [-0.15, -0.1) is 0 Å². The van der Waals surface area contributed by atoms with E-state index >= 15 is 0 Å². The van der Waals surface area contributed by atoms with Gasteiger partial charge in [0.25, 0.3) is 0 Å². The Morgan fingerprint density at radius 1 is 1.32 bits per heavy atom. The molecule has 0 spiro atoms. The Bertz CT molecular complexity index is 448. The van der Waals surface area contributed by atoms with Crippen LogP contribution < -0.4 is 5.32 Å². The first kappa shape index (κ1) is 13.1. The second-order valence-electron chi connectivity index (χ2n) is 5.99. The van der Waals surface area contributed by atoms with Gasteiger partial charge in [-0.05, 0) is 31.4 Å². The van der Waals surface area contributed by atoms with Crippen molar-refractivity contribution < 1.29 is 9.47 Å². The summed E-state index contributed by atoms with van der Waals surface area (Å²) in [7, 11) is 0. The highest BCUT2D eigenvalue weighted by Gasteiger charge is 2.43. The molecule has 1 atom stereocenters. The lowest BCUT2D eigenvalue weighted by Gasteiger charge is -2.45. The van der Waals surface area contributed by atoms with E-state index in [0.717, 1.165) is 39.3 Å². The van der Waals surface area contributed by atoms with E-state index < -0.39 is 0 Å². The van der Waals surface area contributed by atoms with Crippen molar-refractivity contribution in [1.82, 2.24) is 5.32 Å². The number of rotatable bonds is 3. The Hall–Kier alpha value is -0.900. The van der Waals surface area contributed by atoms with Gasteiger partial charge in [0, 0.05) is 18.5 Å². The molecule has 0 aromatic heterocycles.